The Bertz CT molecular complexity index is 1140. The van der Waals surface area contributed by atoms with E-state index in [2.05, 4.69) is 0 Å². The number of rotatable bonds is 5. The van der Waals surface area contributed by atoms with E-state index in [0.29, 0.717) is 48.1 Å². The largest absolute Gasteiger partial charge is 0.454 e. The topological polar surface area (TPSA) is 59.0 Å². The van der Waals surface area contributed by atoms with E-state index in [1.165, 1.54) is 4.90 Å². The predicted octanol–water partition coefficient (Wildman–Crippen LogP) is 5.14. The summed E-state index contributed by atoms with van der Waals surface area (Å²) in [5.41, 5.74) is 3.08. The minimum Gasteiger partial charge on any atom is -0.454 e. The number of nitrogens with zero attached hydrogens (tertiary/aromatic N) is 1. The van der Waals surface area contributed by atoms with Crippen LogP contribution in [0.4, 0.5) is 0 Å². The van der Waals surface area contributed by atoms with E-state index < -0.39 is 6.23 Å². The first-order valence-corrected chi connectivity index (χ1v) is 10.1. The van der Waals surface area contributed by atoms with E-state index in [0.717, 1.165) is 27.6 Å². The highest BCUT2D eigenvalue weighted by Gasteiger charge is 2.36. The van der Waals surface area contributed by atoms with Crippen molar-refractivity contribution in [3.63, 3.8) is 0 Å². The van der Waals surface area contributed by atoms with Crippen molar-refractivity contribution < 1.29 is 19.4 Å². The van der Waals surface area contributed by atoms with Gasteiger partial charge in [-0.05, 0) is 37.1 Å². The molecule has 1 N–H and O–H groups in total. The van der Waals surface area contributed by atoms with Crippen molar-refractivity contribution in [2.45, 2.75) is 19.6 Å². The maximum Gasteiger partial charge on any atom is 0.256 e. The van der Waals surface area contributed by atoms with Crippen molar-refractivity contribution in [2.75, 3.05) is 19.8 Å². The minimum atomic E-state index is -1.06. The summed E-state index contributed by atoms with van der Waals surface area (Å²) in [6.45, 7) is 3.50. The Kier molecular flexibility index (Phi) is 4.46. The summed E-state index contributed by atoms with van der Waals surface area (Å²) in [5.74, 6) is 1.07. The van der Waals surface area contributed by atoms with Crippen LogP contribution in [0.15, 0.2) is 42.5 Å². The van der Waals surface area contributed by atoms with Crippen LogP contribution in [0.2, 0.25) is 5.02 Å². The van der Waals surface area contributed by atoms with Crippen LogP contribution < -0.4 is 4.74 Å². The monoisotopic (exact) mass is 409 g/mol. The second-order valence-electron chi connectivity index (χ2n) is 7.21. The van der Waals surface area contributed by atoms with E-state index in [4.69, 9.17) is 21.1 Å². The summed E-state index contributed by atoms with van der Waals surface area (Å²) in [6, 6.07) is 13.2. The van der Waals surface area contributed by atoms with Gasteiger partial charge in [-0.1, -0.05) is 35.9 Å². The minimum absolute atomic E-state index is 0.194. The van der Waals surface area contributed by atoms with E-state index in [1.807, 2.05) is 43.3 Å². The van der Waals surface area contributed by atoms with Gasteiger partial charge in [0.2, 0.25) is 0 Å². The Morgan fingerprint density at radius 2 is 1.93 bits per heavy atom. The first-order chi connectivity index (χ1) is 14.1. The number of amides is 1. The molecule has 3 aromatic carbocycles. The Hall–Kier alpha value is -2.60. The smallest absolute Gasteiger partial charge is 0.256 e. The van der Waals surface area contributed by atoms with Gasteiger partial charge in [-0.2, -0.15) is 0 Å². The van der Waals surface area contributed by atoms with Crippen LogP contribution in [-0.4, -0.2) is 35.7 Å². The fourth-order valence-electron chi connectivity index (χ4n) is 4.26. The van der Waals surface area contributed by atoms with Crippen molar-refractivity contribution in [3.05, 3.63) is 58.6 Å². The Morgan fingerprint density at radius 3 is 2.76 bits per heavy atom. The summed E-state index contributed by atoms with van der Waals surface area (Å²) >= 11 is 6.57. The predicted molar refractivity (Wildman–Crippen MR) is 112 cm³/mol. The van der Waals surface area contributed by atoms with Crippen molar-refractivity contribution in [3.8, 4) is 22.6 Å². The summed E-state index contributed by atoms with van der Waals surface area (Å²) in [6.07, 6.45) is -0.411. The van der Waals surface area contributed by atoms with Gasteiger partial charge >= 0.3 is 0 Å². The Balaban J connectivity index is 1.68. The molecular formula is C23H20ClNO4. The van der Waals surface area contributed by atoms with Gasteiger partial charge in [-0.3, -0.25) is 4.79 Å². The van der Waals surface area contributed by atoms with Gasteiger partial charge < -0.3 is 19.5 Å². The van der Waals surface area contributed by atoms with Crippen molar-refractivity contribution in [2.24, 2.45) is 0 Å². The molecular weight excluding hydrogens is 390 g/mol. The lowest BCUT2D eigenvalue weighted by Crippen LogP contribution is -2.39. The standard InChI is InChI=1S/C23H20ClNO4/c1-2-28-11-5-10-25-22(26)15-9-8-14-13-6-3-4-7-18(13)29-21-17(24)12-16(23(25)27)19(15)20(14)21/h3-4,6-9,12,23,27H,2,5,10-11H2,1H3. The molecule has 0 saturated heterocycles. The summed E-state index contributed by atoms with van der Waals surface area (Å²) in [4.78, 5) is 14.7. The molecule has 5 rings (SSSR count). The SMILES string of the molecule is CCOCCCN1C(=O)c2ccc3c4c(c(Cl)cc(c24)C1O)Oc1ccccc1-3. The Morgan fingerprint density at radius 1 is 1.14 bits per heavy atom. The van der Waals surface area contributed by atoms with Crippen LogP contribution in [0.3, 0.4) is 0 Å². The van der Waals surface area contributed by atoms with Gasteiger partial charge in [0.05, 0.1) is 5.02 Å². The molecule has 1 atom stereocenters. The average molecular weight is 410 g/mol. The maximum absolute atomic E-state index is 13.2. The summed E-state index contributed by atoms with van der Waals surface area (Å²) < 4.78 is 11.5. The van der Waals surface area contributed by atoms with Gasteiger partial charge in [0.15, 0.2) is 12.0 Å². The fraction of sp³-hybridized carbons (Fsp3) is 0.261. The fourth-order valence-corrected chi connectivity index (χ4v) is 4.52. The van der Waals surface area contributed by atoms with Crippen molar-refractivity contribution >= 4 is 28.3 Å². The molecule has 0 aromatic heterocycles. The van der Waals surface area contributed by atoms with E-state index in [9.17, 15) is 9.90 Å². The molecule has 148 valence electrons. The normalized spacial score (nSPS) is 16.7. The maximum atomic E-state index is 13.2. The summed E-state index contributed by atoms with van der Waals surface area (Å²) in [7, 11) is 0. The van der Waals surface area contributed by atoms with Gasteiger partial charge in [-0.25, -0.2) is 0 Å². The number of ether oxygens (including phenoxy) is 2. The molecule has 6 heteroatoms. The number of halogens is 1. The molecule has 0 aliphatic carbocycles. The third-order valence-corrected chi connectivity index (χ3v) is 5.85. The lowest BCUT2D eigenvalue weighted by Gasteiger charge is -2.35. The second-order valence-corrected chi connectivity index (χ2v) is 7.62. The average Bonchev–Trinajstić information content (AvgIpc) is 2.74. The lowest BCUT2D eigenvalue weighted by molar-refractivity contribution is 0.00103. The van der Waals surface area contributed by atoms with Crippen molar-refractivity contribution in [1.82, 2.24) is 4.90 Å². The number of fused-ring (bicyclic) bond motifs is 2. The molecule has 2 aliphatic heterocycles. The van der Waals surface area contributed by atoms with Gasteiger partial charge in [0.1, 0.15) is 5.75 Å². The van der Waals surface area contributed by atoms with Crippen LogP contribution in [0.1, 0.15) is 35.5 Å². The highest BCUT2D eigenvalue weighted by Crippen LogP contribution is 2.53. The molecule has 0 fully saturated rings. The first kappa shape index (κ1) is 18.4. The highest BCUT2D eigenvalue weighted by atomic mass is 35.5. The molecule has 0 radical (unpaired) electrons. The van der Waals surface area contributed by atoms with Crippen LogP contribution in [0.25, 0.3) is 21.9 Å². The molecule has 29 heavy (non-hydrogen) atoms. The number of aliphatic hydroxyl groups excluding tert-OH is 1. The third kappa shape index (κ3) is 2.73. The third-order valence-electron chi connectivity index (χ3n) is 5.57. The van der Waals surface area contributed by atoms with Gasteiger partial charge in [0, 0.05) is 47.2 Å². The number of carbonyl (C=O) groups excluding carboxylic acids is 1. The molecule has 1 amide bonds. The zero-order valence-corrected chi connectivity index (χ0v) is 16.7. The zero-order valence-electron chi connectivity index (χ0n) is 15.9. The Labute approximate surface area is 173 Å². The molecule has 3 aromatic rings. The zero-order chi connectivity index (χ0) is 20.1. The number of hydrogen-bond donors (Lipinski definition) is 1. The van der Waals surface area contributed by atoms with Crippen LogP contribution in [0, 0.1) is 0 Å². The number of benzene rings is 3. The van der Waals surface area contributed by atoms with E-state index in [1.54, 1.807) is 6.07 Å². The number of para-hydroxylation sites is 1. The molecule has 0 saturated carbocycles. The number of carbonyl (C=O) groups is 1. The highest BCUT2D eigenvalue weighted by molar-refractivity contribution is 6.34. The van der Waals surface area contributed by atoms with E-state index in [-0.39, 0.29) is 5.91 Å². The van der Waals surface area contributed by atoms with Crippen molar-refractivity contribution in [1.29, 1.82) is 0 Å². The molecule has 0 spiro atoms. The quantitative estimate of drug-likeness (QED) is 0.464. The molecule has 2 aliphatic rings. The number of hydrogen-bond acceptors (Lipinski definition) is 4. The van der Waals surface area contributed by atoms with Gasteiger partial charge in [0.25, 0.3) is 5.91 Å². The van der Waals surface area contributed by atoms with E-state index >= 15 is 0 Å². The molecule has 2 heterocycles. The lowest BCUT2D eigenvalue weighted by atomic mass is 9.86. The number of aliphatic hydroxyl groups is 1. The molecule has 5 nitrogen and oxygen atoms in total. The van der Waals surface area contributed by atoms with Crippen LogP contribution in [-0.2, 0) is 4.74 Å². The first-order valence-electron chi connectivity index (χ1n) is 9.75. The second kappa shape index (κ2) is 7.02. The molecule has 1 unspecified atom stereocenters. The van der Waals surface area contributed by atoms with Gasteiger partial charge in [-0.15, -0.1) is 0 Å². The van der Waals surface area contributed by atoms with Crippen LogP contribution in [0.5, 0.6) is 11.5 Å². The summed E-state index contributed by atoms with van der Waals surface area (Å²) in [5, 5.41) is 12.9. The van der Waals surface area contributed by atoms with Crippen LogP contribution >= 0.6 is 11.6 Å². The molecule has 0 bridgehead atoms.